The predicted molar refractivity (Wildman–Crippen MR) is 101 cm³/mol. The molecule has 0 saturated carbocycles. The van der Waals surface area contributed by atoms with Gasteiger partial charge in [-0.2, -0.15) is 0 Å². The first-order chi connectivity index (χ1) is 11.3. The van der Waals surface area contributed by atoms with Crippen molar-refractivity contribution >= 4 is 5.97 Å². The van der Waals surface area contributed by atoms with Gasteiger partial charge in [-0.1, -0.05) is 60.8 Å². The summed E-state index contributed by atoms with van der Waals surface area (Å²) in [4.78, 5) is 10.3. The third-order valence-corrected chi connectivity index (χ3v) is 3.23. The van der Waals surface area contributed by atoms with E-state index >= 15 is 0 Å². The van der Waals surface area contributed by atoms with E-state index < -0.39 is 5.97 Å². The summed E-state index contributed by atoms with van der Waals surface area (Å²) in [7, 11) is 0. The maximum atomic E-state index is 10.3. The van der Waals surface area contributed by atoms with Gasteiger partial charge in [0.2, 0.25) is 0 Å². The zero-order chi connectivity index (χ0) is 17.0. The van der Waals surface area contributed by atoms with Crippen LogP contribution >= 0.6 is 0 Å². The van der Waals surface area contributed by atoms with Crippen LogP contribution in [-0.2, 0) is 4.79 Å². The molecule has 0 aromatic heterocycles. The quantitative estimate of drug-likeness (QED) is 0.298. The van der Waals surface area contributed by atoms with Crippen LogP contribution < -0.4 is 0 Å². The molecule has 0 rings (SSSR count). The number of hydrogen-bond donors (Lipinski definition) is 1. The van der Waals surface area contributed by atoms with E-state index in [1.165, 1.54) is 0 Å². The van der Waals surface area contributed by atoms with Crippen LogP contribution in [-0.4, -0.2) is 11.1 Å². The van der Waals surface area contributed by atoms with Crippen molar-refractivity contribution in [2.75, 3.05) is 0 Å². The highest BCUT2D eigenvalue weighted by molar-refractivity contribution is 5.66. The van der Waals surface area contributed by atoms with Gasteiger partial charge < -0.3 is 5.11 Å². The van der Waals surface area contributed by atoms with Crippen molar-refractivity contribution in [3.05, 3.63) is 60.8 Å². The Morgan fingerprint density at radius 1 is 0.696 bits per heavy atom. The maximum absolute atomic E-state index is 10.3. The third kappa shape index (κ3) is 20.2. The van der Waals surface area contributed by atoms with Crippen molar-refractivity contribution in [1.82, 2.24) is 0 Å². The second kappa shape index (κ2) is 18.2. The summed E-state index contributed by atoms with van der Waals surface area (Å²) < 4.78 is 0. The third-order valence-electron chi connectivity index (χ3n) is 3.23. The Hall–Kier alpha value is -1.83. The predicted octanol–water partition coefficient (Wildman–Crippen LogP) is 6.38. The van der Waals surface area contributed by atoms with Crippen LogP contribution in [0.2, 0.25) is 0 Å². The second-order valence-electron chi connectivity index (χ2n) is 5.38. The Kier molecular flexibility index (Phi) is 16.8. The lowest BCUT2D eigenvalue weighted by Crippen LogP contribution is -1.92. The first kappa shape index (κ1) is 21.2. The zero-order valence-corrected chi connectivity index (χ0v) is 14.5. The maximum Gasteiger partial charge on any atom is 0.303 e. The molecule has 23 heavy (non-hydrogen) atoms. The molecule has 0 saturated heterocycles. The summed E-state index contributed by atoms with van der Waals surface area (Å²) in [5.74, 6) is -0.700. The summed E-state index contributed by atoms with van der Waals surface area (Å²) in [6.07, 6.45) is 30.0. The molecule has 0 fully saturated rings. The molecule has 0 radical (unpaired) electrons. The van der Waals surface area contributed by atoms with Crippen LogP contribution in [0, 0.1) is 0 Å². The molecule has 0 unspecified atom stereocenters. The molecule has 2 heteroatoms. The fourth-order valence-corrected chi connectivity index (χ4v) is 1.95. The minimum Gasteiger partial charge on any atom is -0.481 e. The van der Waals surface area contributed by atoms with Crippen molar-refractivity contribution < 1.29 is 9.90 Å². The SMILES string of the molecule is CC=CCCC=CCC=CCC=CCC=CCCCCC(=O)O. The fraction of sp³-hybridized carbons (Fsp3) is 0.476. The molecule has 128 valence electrons. The second-order valence-corrected chi connectivity index (χ2v) is 5.38. The minimum atomic E-state index is -0.700. The molecule has 0 atom stereocenters. The van der Waals surface area contributed by atoms with Crippen molar-refractivity contribution in [2.24, 2.45) is 0 Å². The van der Waals surface area contributed by atoms with Crippen molar-refractivity contribution in [1.29, 1.82) is 0 Å². The Morgan fingerprint density at radius 2 is 1.17 bits per heavy atom. The van der Waals surface area contributed by atoms with Crippen LogP contribution in [0.3, 0.4) is 0 Å². The highest BCUT2D eigenvalue weighted by Crippen LogP contribution is 2.02. The molecule has 2 nitrogen and oxygen atoms in total. The summed E-state index contributed by atoms with van der Waals surface area (Å²) in [5.41, 5.74) is 0. The van der Waals surface area contributed by atoms with E-state index in [-0.39, 0.29) is 6.42 Å². The monoisotopic (exact) mass is 316 g/mol. The molecule has 0 aromatic rings. The van der Waals surface area contributed by atoms with Crippen LogP contribution in [0.5, 0.6) is 0 Å². The van der Waals surface area contributed by atoms with E-state index in [4.69, 9.17) is 5.11 Å². The standard InChI is InChI=1S/C21H32O2/c1-2-3-4-5-6-7-8-9-10-11-12-13-14-15-16-17-18-19-20-21(22)23/h2-3,6-7,9-10,12-13,15-16H,4-5,8,11,14,17-20H2,1H3,(H,22,23). The number of allylic oxidation sites excluding steroid dienone is 10. The number of rotatable bonds is 14. The lowest BCUT2D eigenvalue weighted by molar-refractivity contribution is -0.137. The van der Waals surface area contributed by atoms with Crippen molar-refractivity contribution in [3.8, 4) is 0 Å². The Labute approximate surface area is 142 Å². The Bertz CT molecular complexity index is 412. The molecule has 0 aliphatic heterocycles. The largest absolute Gasteiger partial charge is 0.481 e. The first-order valence-electron chi connectivity index (χ1n) is 8.70. The van der Waals surface area contributed by atoms with E-state index in [0.29, 0.717) is 0 Å². The van der Waals surface area contributed by atoms with E-state index in [0.717, 1.165) is 51.4 Å². The van der Waals surface area contributed by atoms with Crippen LogP contribution in [0.1, 0.15) is 64.7 Å². The fourth-order valence-electron chi connectivity index (χ4n) is 1.95. The molecule has 1 N–H and O–H groups in total. The molecular formula is C21H32O2. The van der Waals surface area contributed by atoms with Gasteiger partial charge in [0.15, 0.2) is 0 Å². The van der Waals surface area contributed by atoms with Crippen molar-refractivity contribution in [2.45, 2.75) is 64.7 Å². The molecule has 0 aliphatic carbocycles. The van der Waals surface area contributed by atoms with Gasteiger partial charge in [-0.05, 0) is 58.3 Å². The van der Waals surface area contributed by atoms with Gasteiger partial charge in [-0.15, -0.1) is 0 Å². The highest BCUT2D eigenvalue weighted by Gasteiger charge is 1.93. The number of carboxylic acid groups (broad SMARTS) is 1. The molecule has 0 spiro atoms. The Morgan fingerprint density at radius 3 is 1.70 bits per heavy atom. The molecular weight excluding hydrogens is 284 g/mol. The average Bonchev–Trinajstić information content (AvgIpc) is 2.53. The topological polar surface area (TPSA) is 37.3 Å². The minimum absolute atomic E-state index is 0.283. The van der Waals surface area contributed by atoms with E-state index in [2.05, 4.69) is 67.7 Å². The summed E-state index contributed by atoms with van der Waals surface area (Å²) in [6.45, 7) is 2.05. The van der Waals surface area contributed by atoms with Crippen molar-refractivity contribution in [3.63, 3.8) is 0 Å². The number of unbranched alkanes of at least 4 members (excludes halogenated alkanes) is 3. The van der Waals surface area contributed by atoms with E-state index in [1.807, 2.05) is 0 Å². The van der Waals surface area contributed by atoms with Crippen LogP contribution in [0.15, 0.2) is 60.8 Å². The summed E-state index contributed by atoms with van der Waals surface area (Å²) >= 11 is 0. The summed E-state index contributed by atoms with van der Waals surface area (Å²) in [5, 5.41) is 8.51. The highest BCUT2D eigenvalue weighted by atomic mass is 16.4. The van der Waals surface area contributed by atoms with Gasteiger partial charge in [0.05, 0.1) is 0 Å². The zero-order valence-electron chi connectivity index (χ0n) is 14.5. The molecule has 0 amide bonds. The molecule has 0 heterocycles. The first-order valence-corrected chi connectivity index (χ1v) is 8.70. The van der Waals surface area contributed by atoms with Crippen LogP contribution in [0.4, 0.5) is 0 Å². The average molecular weight is 316 g/mol. The van der Waals surface area contributed by atoms with Crippen LogP contribution in [0.25, 0.3) is 0 Å². The van der Waals surface area contributed by atoms with Gasteiger partial charge in [0, 0.05) is 6.42 Å². The van der Waals surface area contributed by atoms with Gasteiger partial charge in [0.25, 0.3) is 0 Å². The van der Waals surface area contributed by atoms with E-state index in [9.17, 15) is 4.79 Å². The summed E-state index contributed by atoms with van der Waals surface area (Å²) in [6, 6.07) is 0. The van der Waals surface area contributed by atoms with Gasteiger partial charge in [-0.25, -0.2) is 0 Å². The van der Waals surface area contributed by atoms with Gasteiger partial charge in [0.1, 0.15) is 0 Å². The smallest absolute Gasteiger partial charge is 0.303 e. The molecule has 0 bridgehead atoms. The normalized spacial score (nSPS) is 12.7. The number of carboxylic acids is 1. The lowest BCUT2D eigenvalue weighted by Gasteiger charge is -1.92. The lowest BCUT2D eigenvalue weighted by atomic mass is 10.2. The Balaban J connectivity index is 3.42. The van der Waals surface area contributed by atoms with E-state index in [1.54, 1.807) is 0 Å². The number of hydrogen-bond acceptors (Lipinski definition) is 1. The van der Waals surface area contributed by atoms with Gasteiger partial charge >= 0.3 is 5.97 Å². The molecule has 0 aromatic carbocycles. The molecule has 0 aliphatic rings. The number of aliphatic carboxylic acids is 1. The van der Waals surface area contributed by atoms with Gasteiger partial charge in [-0.3, -0.25) is 4.79 Å². The number of carbonyl (C=O) groups is 1.